The molecule has 0 saturated carbocycles. The van der Waals surface area contributed by atoms with Crippen LogP contribution < -0.4 is 20.4 Å². The maximum Gasteiger partial charge on any atom is 0.117 e. The van der Waals surface area contributed by atoms with Gasteiger partial charge in [-0.1, -0.05) is 72.8 Å². The number of benzene rings is 4. The van der Waals surface area contributed by atoms with Crippen LogP contribution in [-0.2, 0) is 6.42 Å². The van der Waals surface area contributed by atoms with E-state index in [1.165, 1.54) is 5.69 Å². The molecular weight excluding hydrogens is 540 g/mol. The predicted octanol–water partition coefficient (Wildman–Crippen LogP) is 8.84. The number of fused-ring (bicyclic) bond motifs is 2. The Labute approximate surface area is 257 Å². The first kappa shape index (κ1) is 25.8. The summed E-state index contributed by atoms with van der Waals surface area (Å²) in [6, 6.07) is 50.0. The number of pyridine rings is 2. The first-order valence-corrected chi connectivity index (χ1v) is 14.9. The Morgan fingerprint density at radius 3 is 2.00 bits per heavy atom. The molecule has 0 spiro atoms. The number of nitrogens with one attached hydrogen (secondary N) is 2. The normalized spacial score (nSPS) is 15.9. The fraction of sp³-hybridized carbons (Fsp3) is 0.0526. The van der Waals surface area contributed by atoms with Gasteiger partial charge in [0.2, 0.25) is 0 Å². The first-order valence-electron chi connectivity index (χ1n) is 14.9. The number of anilines is 6. The third kappa shape index (κ3) is 4.82. The molecule has 2 aliphatic heterocycles. The smallest absolute Gasteiger partial charge is 0.117 e. The van der Waals surface area contributed by atoms with E-state index in [1.807, 2.05) is 36.4 Å². The highest BCUT2D eigenvalue weighted by Gasteiger charge is 2.30. The molecule has 0 radical (unpaired) electrons. The van der Waals surface area contributed by atoms with Crippen molar-refractivity contribution in [1.29, 1.82) is 0 Å². The summed E-state index contributed by atoms with van der Waals surface area (Å²) in [6.45, 7) is 0. The van der Waals surface area contributed by atoms with Crippen LogP contribution in [0.4, 0.5) is 34.1 Å². The fourth-order valence-electron chi connectivity index (χ4n) is 6.07. The van der Waals surface area contributed by atoms with Crippen molar-refractivity contribution < 1.29 is 0 Å². The van der Waals surface area contributed by atoms with E-state index in [-0.39, 0.29) is 6.17 Å². The lowest BCUT2D eigenvalue weighted by atomic mass is 10.1. The van der Waals surface area contributed by atoms with Gasteiger partial charge in [-0.05, 0) is 72.8 Å². The molecule has 6 heteroatoms. The average Bonchev–Trinajstić information content (AvgIpc) is 3.63. The Hall–Kier alpha value is -5.88. The van der Waals surface area contributed by atoms with Crippen molar-refractivity contribution in [2.75, 3.05) is 20.4 Å². The second-order valence-corrected chi connectivity index (χ2v) is 10.9. The van der Waals surface area contributed by atoms with Crippen LogP contribution in [0, 0.1) is 0 Å². The molecular formula is C38H30N6. The van der Waals surface area contributed by atoms with Crippen molar-refractivity contribution >= 4 is 40.2 Å². The van der Waals surface area contributed by atoms with Crippen LogP contribution in [0.1, 0.15) is 11.4 Å². The van der Waals surface area contributed by atoms with Crippen LogP contribution in [0.3, 0.4) is 0 Å². The highest BCUT2D eigenvalue weighted by molar-refractivity contribution is 5.90. The zero-order valence-electron chi connectivity index (χ0n) is 24.0. The highest BCUT2D eigenvalue weighted by atomic mass is 15.3. The predicted molar refractivity (Wildman–Crippen MR) is 180 cm³/mol. The lowest BCUT2D eigenvalue weighted by Crippen LogP contribution is -2.34. The summed E-state index contributed by atoms with van der Waals surface area (Å²) in [5, 5.41) is 7.30. The third-order valence-electron chi connectivity index (χ3n) is 8.02. The molecule has 1 atom stereocenters. The Balaban J connectivity index is 1.09. The molecule has 2 N–H and O–H groups in total. The summed E-state index contributed by atoms with van der Waals surface area (Å²) in [5.41, 5.74) is 10.3. The number of nitrogens with zero attached hydrogens (tertiary/aromatic N) is 4. The van der Waals surface area contributed by atoms with Crippen LogP contribution in [0.25, 0.3) is 17.5 Å². The summed E-state index contributed by atoms with van der Waals surface area (Å²) in [5.74, 6) is 0.955. The zero-order valence-corrected chi connectivity index (χ0v) is 24.0. The van der Waals surface area contributed by atoms with Gasteiger partial charge < -0.3 is 15.5 Å². The minimum atomic E-state index is 0.0422. The molecule has 0 fully saturated rings. The summed E-state index contributed by atoms with van der Waals surface area (Å²) in [4.78, 5) is 14.7. The van der Waals surface area contributed by atoms with Gasteiger partial charge in [0.15, 0.2) is 0 Å². The molecule has 8 rings (SSSR count). The summed E-state index contributed by atoms with van der Waals surface area (Å²) in [7, 11) is 0. The highest BCUT2D eigenvalue weighted by Crippen LogP contribution is 2.42. The van der Waals surface area contributed by atoms with Gasteiger partial charge >= 0.3 is 0 Å². The molecule has 4 aromatic carbocycles. The number of hydrogen-bond acceptors (Lipinski definition) is 6. The van der Waals surface area contributed by atoms with Gasteiger partial charge in [0.05, 0.1) is 39.8 Å². The average molecular weight is 571 g/mol. The van der Waals surface area contributed by atoms with Crippen molar-refractivity contribution in [2.45, 2.75) is 12.6 Å². The molecule has 2 aromatic heterocycles. The minimum absolute atomic E-state index is 0.0422. The lowest BCUT2D eigenvalue weighted by Gasteiger charge is -2.27. The Bertz CT molecular complexity index is 1970. The van der Waals surface area contributed by atoms with Crippen molar-refractivity contribution in [2.24, 2.45) is 0 Å². The molecule has 0 amide bonds. The Morgan fingerprint density at radius 2 is 1.20 bits per heavy atom. The lowest BCUT2D eigenvalue weighted by molar-refractivity contribution is 0.735. The first-order chi connectivity index (χ1) is 21.8. The minimum Gasteiger partial charge on any atom is -0.363 e. The monoisotopic (exact) mass is 570 g/mol. The van der Waals surface area contributed by atoms with Crippen LogP contribution in [0.2, 0.25) is 0 Å². The third-order valence-corrected chi connectivity index (χ3v) is 8.02. The van der Waals surface area contributed by atoms with E-state index in [2.05, 4.69) is 136 Å². The van der Waals surface area contributed by atoms with Crippen LogP contribution in [0.15, 0.2) is 151 Å². The molecule has 6 aromatic rings. The molecule has 0 bridgehead atoms. The molecule has 44 heavy (non-hydrogen) atoms. The van der Waals surface area contributed by atoms with Crippen LogP contribution in [-0.4, -0.2) is 16.1 Å². The number of aromatic nitrogens is 2. The second kappa shape index (κ2) is 11.1. The molecule has 212 valence electrons. The van der Waals surface area contributed by atoms with Gasteiger partial charge in [0.1, 0.15) is 12.0 Å². The van der Waals surface area contributed by atoms with Gasteiger partial charge in [-0.3, -0.25) is 9.88 Å². The van der Waals surface area contributed by atoms with E-state index in [9.17, 15) is 0 Å². The summed E-state index contributed by atoms with van der Waals surface area (Å²) >= 11 is 0. The standard InChI is InChI=1S/C38H30N6/c1-3-15-29(16-4-1)43-35-23-9-7-19-33(35)41-37(43)25-27-13-11-21-31(39-27)32-22-12-14-28(40-32)26-38-42-34-20-8-10-24-36(34)44(38)30-17-5-2-6-18-30/h1-25,38,41-42H,26H2. The molecule has 0 saturated heterocycles. The van der Waals surface area contributed by atoms with E-state index in [4.69, 9.17) is 9.97 Å². The van der Waals surface area contributed by atoms with Gasteiger partial charge in [0, 0.05) is 29.6 Å². The molecule has 0 aliphatic carbocycles. The summed E-state index contributed by atoms with van der Waals surface area (Å²) in [6.07, 6.45) is 2.87. The largest absolute Gasteiger partial charge is 0.363 e. The maximum atomic E-state index is 5.09. The van der Waals surface area contributed by atoms with Gasteiger partial charge in [-0.25, -0.2) is 4.98 Å². The topological polar surface area (TPSA) is 56.3 Å². The molecule has 6 nitrogen and oxygen atoms in total. The van der Waals surface area contributed by atoms with Crippen molar-refractivity contribution in [3.05, 3.63) is 163 Å². The second-order valence-electron chi connectivity index (χ2n) is 10.9. The number of para-hydroxylation sites is 6. The quantitative estimate of drug-likeness (QED) is 0.209. The molecule has 2 aliphatic rings. The zero-order chi connectivity index (χ0) is 29.3. The Morgan fingerprint density at radius 1 is 0.568 bits per heavy atom. The van der Waals surface area contributed by atoms with Gasteiger partial charge in [0.25, 0.3) is 0 Å². The van der Waals surface area contributed by atoms with Gasteiger partial charge in [-0.2, -0.15) is 0 Å². The van der Waals surface area contributed by atoms with Crippen molar-refractivity contribution in [3.8, 4) is 11.4 Å². The number of rotatable bonds is 6. The van der Waals surface area contributed by atoms with E-state index < -0.39 is 0 Å². The van der Waals surface area contributed by atoms with E-state index in [0.29, 0.717) is 0 Å². The number of hydrogen-bond donors (Lipinski definition) is 2. The SMILES string of the molecule is C(=C1Nc2ccccc2N1c1ccccc1)c1cccc(-c2cccc(CC3Nc4ccccc4N3c3ccccc3)n2)n1. The van der Waals surface area contributed by atoms with Crippen LogP contribution in [0.5, 0.6) is 0 Å². The van der Waals surface area contributed by atoms with E-state index in [0.717, 1.165) is 63.5 Å². The summed E-state index contributed by atoms with van der Waals surface area (Å²) < 4.78 is 0. The van der Waals surface area contributed by atoms with Crippen molar-refractivity contribution in [1.82, 2.24) is 9.97 Å². The maximum absolute atomic E-state index is 5.09. The van der Waals surface area contributed by atoms with E-state index >= 15 is 0 Å². The van der Waals surface area contributed by atoms with Crippen LogP contribution >= 0.6 is 0 Å². The Kier molecular flexibility index (Phi) is 6.50. The van der Waals surface area contributed by atoms with Gasteiger partial charge in [-0.15, -0.1) is 0 Å². The molecule has 1 unspecified atom stereocenters. The van der Waals surface area contributed by atoms with Crippen molar-refractivity contribution in [3.63, 3.8) is 0 Å². The van der Waals surface area contributed by atoms with E-state index in [1.54, 1.807) is 0 Å². The fourth-order valence-corrected chi connectivity index (χ4v) is 6.07. The molecule has 4 heterocycles.